The van der Waals surface area contributed by atoms with Crippen molar-refractivity contribution in [3.8, 4) is 0 Å². The Morgan fingerprint density at radius 3 is 2.73 bits per heavy atom. The number of aliphatic carboxylic acids is 1. The van der Waals surface area contributed by atoms with E-state index in [4.69, 9.17) is 9.52 Å². The van der Waals surface area contributed by atoms with Crippen molar-refractivity contribution in [2.45, 2.75) is 13.0 Å². The third-order valence-electron chi connectivity index (χ3n) is 1.89. The van der Waals surface area contributed by atoms with Gasteiger partial charge in [-0.3, -0.25) is 4.79 Å². The molecular formula is C9H11NO4S. The molecule has 0 fully saturated rings. The van der Waals surface area contributed by atoms with Gasteiger partial charge in [-0.25, -0.2) is 4.79 Å². The highest BCUT2D eigenvalue weighted by atomic mass is 32.1. The normalized spacial score (nSPS) is 12.1. The van der Waals surface area contributed by atoms with Crippen LogP contribution in [-0.2, 0) is 4.79 Å². The number of carboxylic acid groups (broad SMARTS) is 1. The minimum atomic E-state index is -1.11. The third kappa shape index (κ3) is 2.76. The zero-order chi connectivity index (χ0) is 11.4. The second-order valence-electron chi connectivity index (χ2n) is 2.94. The van der Waals surface area contributed by atoms with Crippen LogP contribution in [0.4, 0.5) is 0 Å². The molecule has 1 rings (SSSR count). The Hall–Kier alpha value is -1.43. The first-order valence-corrected chi connectivity index (χ1v) is 4.88. The summed E-state index contributed by atoms with van der Waals surface area (Å²) in [6.07, 6.45) is 1.38. The van der Waals surface area contributed by atoms with Crippen molar-refractivity contribution in [2.75, 3.05) is 5.75 Å². The summed E-state index contributed by atoms with van der Waals surface area (Å²) in [5.41, 5.74) is 0.336. The van der Waals surface area contributed by atoms with Crippen molar-refractivity contribution in [1.82, 2.24) is 5.32 Å². The minimum absolute atomic E-state index is 0.0397. The van der Waals surface area contributed by atoms with Crippen LogP contribution in [0.2, 0.25) is 0 Å². The molecule has 6 heteroatoms. The maximum atomic E-state index is 11.5. The van der Waals surface area contributed by atoms with Gasteiger partial charge in [0.2, 0.25) is 0 Å². The van der Waals surface area contributed by atoms with Crippen molar-refractivity contribution in [3.05, 3.63) is 23.7 Å². The van der Waals surface area contributed by atoms with Crippen molar-refractivity contribution in [2.24, 2.45) is 0 Å². The molecule has 1 amide bonds. The number of furan rings is 1. The van der Waals surface area contributed by atoms with Gasteiger partial charge in [0.1, 0.15) is 11.8 Å². The lowest BCUT2D eigenvalue weighted by atomic mass is 10.2. The van der Waals surface area contributed by atoms with Crippen LogP contribution in [0.5, 0.6) is 0 Å². The average Bonchev–Trinajstić information content (AvgIpc) is 2.60. The summed E-state index contributed by atoms with van der Waals surface area (Å²) in [6.45, 7) is 1.63. The Kier molecular flexibility index (Phi) is 3.79. The SMILES string of the molecule is Cc1occc1C(=O)NC(CS)C(=O)O. The Balaban J connectivity index is 2.71. The van der Waals surface area contributed by atoms with E-state index in [1.54, 1.807) is 6.92 Å². The van der Waals surface area contributed by atoms with E-state index in [0.717, 1.165) is 0 Å². The van der Waals surface area contributed by atoms with Gasteiger partial charge in [0.05, 0.1) is 11.8 Å². The number of carbonyl (C=O) groups excluding carboxylic acids is 1. The number of carbonyl (C=O) groups is 2. The lowest BCUT2D eigenvalue weighted by Gasteiger charge is -2.10. The molecule has 82 valence electrons. The van der Waals surface area contributed by atoms with Gasteiger partial charge in [0, 0.05) is 5.75 Å². The molecule has 0 saturated carbocycles. The first kappa shape index (κ1) is 11.6. The minimum Gasteiger partial charge on any atom is -0.480 e. The summed E-state index contributed by atoms with van der Waals surface area (Å²) in [4.78, 5) is 22.2. The Labute approximate surface area is 91.9 Å². The fourth-order valence-electron chi connectivity index (χ4n) is 1.04. The number of aryl methyl sites for hydroxylation is 1. The van der Waals surface area contributed by atoms with Gasteiger partial charge in [-0.2, -0.15) is 12.6 Å². The van der Waals surface area contributed by atoms with Crippen LogP contribution < -0.4 is 5.32 Å². The van der Waals surface area contributed by atoms with E-state index in [1.165, 1.54) is 12.3 Å². The van der Waals surface area contributed by atoms with Crippen LogP contribution >= 0.6 is 12.6 Å². The van der Waals surface area contributed by atoms with Gasteiger partial charge in [0.15, 0.2) is 0 Å². The van der Waals surface area contributed by atoms with Gasteiger partial charge in [-0.1, -0.05) is 0 Å². The predicted molar refractivity (Wildman–Crippen MR) is 56.2 cm³/mol. The molecule has 1 aromatic rings. The monoisotopic (exact) mass is 229 g/mol. The summed E-state index contributed by atoms with van der Waals surface area (Å²) >= 11 is 3.83. The quantitative estimate of drug-likeness (QED) is 0.664. The van der Waals surface area contributed by atoms with Crippen LogP contribution in [0.15, 0.2) is 16.7 Å². The summed E-state index contributed by atoms with van der Waals surface area (Å²) < 4.78 is 4.93. The molecule has 1 unspecified atom stereocenters. The van der Waals surface area contributed by atoms with E-state index in [1.807, 2.05) is 0 Å². The first-order chi connectivity index (χ1) is 7.06. The number of nitrogens with one attached hydrogen (secondary N) is 1. The topological polar surface area (TPSA) is 79.5 Å². The molecule has 0 saturated heterocycles. The molecule has 0 spiro atoms. The average molecular weight is 229 g/mol. The highest BCUT2D eigenvalue weighted by Crippen LogP contribution is 2.08. The van der Waals surface area contributed by atoms with Gasteiger partial charge < -0.3 is 14.8 Å². The van der Waals surface area contributed by atoms with Crippen molar-refractivity contribution in [1.29, 1.82) is 0 Å². The van der Waals surface area contributed by atoms with Crippen molar-refractivity contribution < 1.29 is 19.1 Å². The van der Waals surface area contributed by atoms with Crippen molar-refractivity contribution in [3.63, 3.8) is 0 Å². The van der Waals surface area contributed by atoms with Gasteiger partial charge >= 0.3 is 5.97 Å². The summed E-state index contributed by atoms with van der Waals surface area (Å²) in [6, 6.07) is 0.498. The van der Waals surface area contributed by atoms with Crippen LogP contribution in [-0.4, -0.2) is 28.8 Å². The molecule has 1 atom stereocenters. The third-order valence-corrected chi connectivity index (χ3v) is 2.25. The molecule has 15 heavy (non-hydrogen) atoms. The zero-order valence-corrected chi connectivity index (χ0v) is 8.95. The Morgan fingerprint density at radius 2 is 2.33 bits per heavy atom. The van der Waals surface area contributed by atoms with E-state index in [2.05, 4.69) is 17.9 Å². The molecule has 1 heterocycles. The van der Waals surface area contributed by atoms with E-state index < -0.39 is 17.9 Å². The van der Waals surface area contributed by atoms with Gasteiger partial charge in [-0.05, 0) is 13.0 Å². The number of hydrogen-bond acceptors (Lipinski definition) is 4. The van der Waals surface area contributed by atoms with E-state index in [9.17, 15) is 9.59 Å². The number of amides is 1. The Bertz CT molecular complexity index is 374. The molecule has 0 bridgehead atoms. The van der Waals surface area contributed by atoms with Crippen LogP contribution in [0.3, 0.4) is 0 Å². The zero-order valence-electron chi connectivity index (χ0n) is 8.06. The van der Waals surface area contributed by atoms with E-state index in [0.29, 0.717) is 11.3 Å². The number of thiol groups is 1. The van der Waals surface area contributed by atoms with Crippen LogP contribution in [0.1, 0.15) is 16.1 Å². The van der Waals surface area contributed by atoms with Crippen LogP contribution in [0.25, 0.3) is 0 Å². The number of rotatable bonds is 4. The lowest BCUT2D eigenvalue weighted by molar-refractivity contribution is -0.138. The smallest absolute Gasteiger partial charge is 0.327 e. The largest absolute Gasteiger partial charge is 0.480 e. The van der Waals surface area contributed by atoms with Gasteiger partial charge in [-0.15, -0.1) is 0 Å². The molecule has 0 radical (unpaired) electrons. The molecule has 0 aliphatic heterocycles. The maximum Gasteiger partial charge on any atom is 0.327 e. The highest BCUT2D eigenvalue weighted by Gasteiger charge is 2.20. The fourth-order valence-corrected chi connectivity index (χ4v) is 1.29. The highest BCUT2D eigenvalue weighted by molar-refractivity contribution is 7.80. The molecule has 0 aromatic carbocycles. The number of hydrogen-bond donors (Lipinski definition) is 3. The predicted octanol–water partition coefficient (Wildman–Crippen LogP) is 0.701. The molecular weight excluding hydrogens is 218 g/mol. The summed E-state index contributed by atoms with van der Waals surface area (Å²) in [7, 11) is 0. The van der Waals surface area contributed by atoms with E-state index in [-0.39, 0.29) is 5.75 Å². The Morgan fingerprint density at radius 1 is 1.67 bits per heavy atom. The molecule has 1 aromatic heterocycles. The molecule has 2 N–H and O–H groups in total. The second-order valence-corrected chi connectivity index (χ2v) is 3.30. The molecule has 0 aliphatic carbocycles. The first-order valence-electron chi connectivity index (χ1n) is 4.25. The lowest BCUT2D eigenvalue weighted by Crippen LogP contribution is -2.42. The second kappa shape index (κ2) is 4.88. The summed E-state index contributed by atoms with van der Waals surface area (Å²) in [5.74, 6) is -1.09. The van der Waals surface area contributed by atoms with Gasteiger partial charge in [0.25, 0.3) is 5.91 Å². The standard InChI is InChI=1S/C9H11NO4S/c1-5-6(2-3-14-5)8(11)10-7(4-15)9(12)13/h2-3,7,15H,4H2,1H3,(H,10,11)(H,12,13). The maximum absolute atomic E-state index is 11.5. The van der Waals surface area contributed by atoms with E-state index >= 15 is 0 Å². The molecule has 0 aliphatic rings. The summed E-state index contributed by atoms with van der Waals surface area (Å²) in [5, 5.41) is 11.0. The fraction of sp³-hybridized carbons (Fsp3) is 0.333. The number of carboxylic acids is 1. The van der Waals surface area contributed by atoms with Crippen molar-refractivity contribution >= 4 is 24.5 Å². The molecule has 5 nitrogen and oxygen atoms in total. The van der Waals surface area contributed by atoms with Crippen LogP contribution in [0, 0.1) is 6.92 Å².